The van der Waals surface area contributed by atoms with Crippen molar-refractivity contribution >= 4 is 26.6 Å². The van der Waals surface area contributed by atoms with E-state index in [0.29, 0.717) is 9.13 Å². The summed E-state index contributed by atoms with van der Waals surface area (Å²) in [7, 11) is 0. The minimum absolute atomic E-state index is 0.0972. The molecular formula is C16H21F2IO3. The van der Waals surface area contributed by atoms with Crippen LogP contribution in [-0.4, -0.2) is 5.97 Å². The monoisotopic (exact) mass is 426 g/mol. The molecular weight excluding hydrogens is 405 g/mol. The summed E-state index contributed by atoms with van der Waals surface area (Å²) in [6.07, 6.45) is -3.38. The van der Waals surface area contributed by atoms with Gasteiger partial charge in [-0.2, -0.15) is 0 Å². The van der Waals surface area contributed by atoms with Crippen molar-refractivity contribution in [1.82, 2.24) is 0 Å². The molecule has 0 aromatic heterocycles. The van der Waals surface area contributed by atoms with E-state index in [9.17, 15) is 13.6 Å². The number of hydrogen-bond acceptors (Lipinski definition) is 3. The molecule has 0 spiro atoms. The van der Waals surface area contributed by atoms with Crippen LogP contribution in [0.15, 0.2) is 0 Å². The van der Waals surface area contributed by atoms with E-state index in [2.05, 4.69) is 0 Å². The zero-order chi connectivity index (χ0) is 17.0. The summed E-state index contributed by atoms with van der Waals surface area (Å²) in [6.45, 7) is 12.3. The second kappa shape index (κ2) is 5.40. The molecule has 1 aromatic carbocycles. The Kier molecular flexibility index (Phi) is 4.32. The molecule has 0 saturated heterocycles. The predicted molar refractivity (Wildman–Crippen MR) is 88.6 cm³/mol. The van der Waals surface area contributed by atoms with Gasteiger partial charge in [-0.15, -0.1) is 0 Å². The Morgan fingerprint density at radius 2 is 1.55 bits per heavy atom. The molecule has 0 saturated carbocycles. The number of halogens is 3. The molecule has 124 valence electrons. The molecule has 0 N–H and O–H groups in total. The number of rotatable bonds is 1. The van der Waals surface area contributed by atoms with E-state index in [0.717, 1.165) is 16.7 Å². The van der Waals surface area contributed by atoms with Crippen LogP contribution in [0.5, 0.6) is 0 Å². The Bertz CT molecular complexity index is 648. The predicted octanol–water partition coefficient (Wildman–Crippen LogP) is 5.10. The first-order valence-corrected chi connectivity index (χ1v) is 9.83. The normalized spacial score (nSPS) is 18.3. The summed E-state index contributed by atoms with van der Waals surface area (Å²) in [6, 6.07) is 0. The molecule has 22 heavy (non-hydrogen) atoms. The molecule has 0 aliphatic carbocycles. The van der Waals surface area contributed by atoms with Gasteiger partial charge in [-0.1, -0.05) is 0 Å². The molecule has 1 aliphatic heterocycles. The Hall–Kier alpha value is -0.760. The fraction of sp³-hybridized carbons (Fsp3) is 0.562. The van der Waals surface area contributed by atoms with Gasteiger partial charge < -0.3 is 0 Å². The molecule has 1 heterocycles. The van der Waals surface area contributed by atoms with Gasteiger partial charge >= 0.3 is 138 Å². The molecule has 0 fully saturated rings. The molecule has 6 heteroatoms. The summed E-state index contributed by atoms with van der Waals surface area (Å²) < 4.78 is 39.4. The van der Waals surface area contributed by atoms with E-state index in [1.54, 1.807) is 34.6 Å². The van der Waals surface area contributed by atoms with E-state index in [4.69, 9.17) is 6.13 Å². The van der Waals surface area contributed by atoms with Gasteiger partial charge in [0.15, 0.2) is 0 Å². The van der Waals surface area contributed by atoms with E-state index in [1.807, 2.05) is 13.8 Å². The van der Waals surface area contributed by atoms with Crippen LogP contribution in [0.1, 0.15) is 48.6 Å². The van der Waals surface area contributed by atoms with E-state index in [-0.39, 0.29) is 5.56 Å². The molecule has 1 aromatic rings. The van der Waals surface area contributed by atoms with Gasteiger partial charge in [0.05, 0.1) is 0 Å². The topological polar surface area (TPSA) is 35.5 Å². The van der Waals surface area contributed by atoms with Gasteiger partial charge in [-0.3, -0.25) is 0 Å². The summed E-state index contributed by atoms with van der Waals surface area (Å²) >= 11 is -3.18. The number of alkyl halides is 2. The van der Waals surface area contributed by atoms with E-state index < -0.39 is 38.1 Å². The Balaban J connectivity index is 2.57. The van der Waals surface area contributed by atoms with Gasteiger partial charge in [0.2, 0.25) is 0 Å². The van der Waals surface area contributed by atoms with E-state index >= 15 is 0 Å². The second-order valence-corrected chi connectivity index (χ2v) is 9.81. The first-order valence-electron chi connectivity index (χ1n) is 6.99. The summed E-state index contributed by atoms with van der Waals surface area (Å²) in [5.74, 6) is -0.503. The summed E-state index contributed by atoms with van der Waals surface area (Å²) in [5.41, 5.74) is 2.21. The maximum atomic E-state index is 14.3. The standard InChI is InChI=1S/C16H21F2IO3/c1-8-9(2)11(4)13-12(10(8)3)16(17,18)22-19(13)21-14(20)15(5,6)7/h1-7H3. The fourth-order valence-electron chi connectivity index (χ4n) is 2.20. The van der Waals surface area contributed by atoms with Crippen molar-refractivity contribution < 1.29 is 19.7 Å². The molecule has 0 bridgehead atoms. The molecule has 2 rings (SSSR count). The third-order valence-corrected chi connectivity index (χ3v) is 7.96. The Morgan fingerprint density at radius 3 is 2.05 bits per heavy atom. The molecule has 0 amide bonds. The zero-order valence-electron chi connectivity index (χ0n) is 13.9. The number of carbonyl (C=O) groups excluding carboxylic acids is 1. The SMILES string of the molecule is Cc1c(C)c(C)c2c(c1C)I(OC(=O)C(C)(C)C)OC2(F)F. The van der Waals surface area contributed by atoms with Gasteiger partial charge in [0, 0.05) is 0 Å². The quantitative estimate of drug-likeness (QED) is 0.587. The van der Waals surface area contributed by atoms with Crippen LogP contribution in [0, 0.1) is 36.7 Å². The van der Waals surface area contributed by atoms with Gasteiger partial charge in [0.25, 0.3) is 0 Å². The van der Waals surface area contributed by atoms with Crippen molar-refractivity contribution in [3.8, 4) is 0 Å². The first kappa shape index (κ1) is 17.6. The molecule has 1 aliphatic rings. The van der Waals surface area contributed by atoms with Crippen molar-refractivity contribution in [2.75, 3.05) is 0 Å². The zero-order valence-corrected chi connectivity index (χ0v) is 16.0. The van der Waals surface area contributed by atoms with Crippen LogP contribution in [0.3, 0.4) is 0 Å². The third kappa shape index (κ3) is 2.75. The van der Waals surface area contributed by atoms with Crippen LogP contribution < -0.4 is 0 Å². The average molecular weight is 426 g/mol. The molecule has 3 nitrogen and oxygen atoms in total. The minimum atomic E-state index is -3.38. The molecule has 0 atom stereocenters. The van der Waals surface area contributed by atoms with Crippen molar-refractivity contribution in [3.63, 3.8) is 0 Å². The van der Waals surface area contributed by atoms with Gasteiger partial charge in [0.1, 0.15) is 0 Å². The Morgan fingerprint density at radius 1 is 1.05 bits per heavy atom. The van der Waals surface area contributed by atoms with Crippen LogP contribution in [0.4, 0.5) is 8.78 Å². The molecule has 0 radical (unpaired) electrons. The van der Waals surface area contributed by atoms with Crippen molar-refractivity contribution in [2.24, 2.45) is 5.41 Å². The van der Waals surface area contributed by atoms with Gasteiger partial charge in [-0.05, 0) is 0 Å². The number of hydrogen-bond donors (Lipinski definition) is 0. The van der Waals surface area contributed by atoms with Crippen LogP contribution in [0.2, 0.25) is 0 Å². The maximum absolute atomic E-state index is 14.3. The average Bonchev–Trinajstić information content (AvgIpc) is 2.63. The summed E-state index contributed by atoms with van der Waals surface area (Å²) in [5, 5.41) is 0. The number of fused-ring (bicyclic) bond motifs is 1. The number of carbonyl (C=O) groups is 1. The molecule has 0 unspecified atom stereocenters. The van der Waals surface area contributed by atoms with Crippen LogP contribution in [-0.2, 0) is 17.0 Å². The third-order valence-electron chi connectivity index (χ3n) is 3.98. The van der Waals surface area contributed by atoms with Crippen LogP contribution in [0.25, 0.3) is 0 Å². The second-order valence-electron chi connectivity index (χ2n) is 6.61. The van der Waals surface area contributed by atoms with E-state index in [1.165, 1.54) is 0 Å². The van der Waals surface area contributed by atoms with Crippen LogP contribution >= 0.6 is 20.6 Å². The number of benzene rings is 1. The van der Waals surface area contributed by atoms with Crippen molar-refractivity contribution in [2.45, 2.75) is 54.6 Å². The van der Waals surface area contributed by atoms with Crippen molar-refractivity contribution in [3.05, 3.63) is 31.4 Å². The van der Waals surface area contributed by atoms with Crippen molar-refractivity contribution in [1.29, 1.82) is 0 Å². The Labute approximate surface area is 137 Å². The first-order chi connectivity index (χ1) is 9.88. The van der Waals surface area contributed by atoms with Gasteiger partial charge in [-0.25, -0.2) is 0 Å². The fourth-order valence-corrected chi connectivity index (χ4v) is 6.71. The summed E-state index contributed by atoms with van der Waals surface area (Å²) in [4.78, 5) is 12.1.